The molecule has 0 radical (unpaired) electrons. The molecule has 168 valence electrons. The van der Waals surface area contributed by atoms with Gasteiger partial charge in [-0.2, -0.15) is 0 Å². The van der Waals surface area contributed by atoms with Crippen molar-refractivity contribution in [1.29, 1.82) is 0 Å². The average molecular weight is 447 g/mol. The van der Waals surface area contributed by atoms with Gasteiger partial charge < -0.3 is 19.4 Å². The topological polar surface area (TPSA) is 63.5 Å². The Balaban J connectivity index is 1.63. The molecule has 0 saturated heterocycles. The molecule has 0 amide bonds. The summed E-state index contributed by atoms with van der Waals surface area (Å²) in [6.07, 6.45) is 0.102. The van der Waals surface area contributed by atoms with E-state index in [4.69, 9.17) is 25.9 Å². The summed E-state index contributed by atoms with van der Waals surface area (Å²) >= 11 is 5.99. The maximum Gasteiger partial charge on any atom is 0.145 e. The van der Waals surface area contributed by atoms with Gasteiger partial charge in [0.05, 0.1) is 31.6 Å². The zero-order valence-electron chi connectivity index (χ0n) is 18.3. The standard InChI is InChI=1S/C24H31ClN2O4/c1-17(2)30-16-21(28)14-27(13-18-5-4-6-22(11-18)29-3)15-23-12-24(26-31-23)19-7-9-20(25)10-8-19/h4-11,17,21,23,28H,12-16H2,1-3H3/t21-,23-/m0/s1. The molecule has 6 nitrogen and oxygen atoms in total. The van der Waals surface area contributed by atoms with Crippen LogP contribution >= 0.6 is 11.6 Å². The van der Waals surface area contributed by atoms with Crippen LogP contribution in [0.4, 0.5) is 0 Å². The van der Waals surface area contributed by atoms with Gasteiger partial charge in [-0.1, -0.05) is 41.0 Å². The van der Waals surface area contributed by atoms with Crippen LogP contribution in [0.2, 0.25) is 5.02 Å². The van der Waals surface area contributed by atoms with E-state index in [0.717, 1.165) is 22.6 Å². The van der Waals surface area contributed by atoms with Gasteiger partial charge in [0.25, 0.3) is 0 Å². The highest BCUT2D eigenvalue weighted by molar-refractivity contribution is 6.30. The minimum Gasteiger partial charge on any atom is -0.497 e. The van der Waals surface area contributed by atoms with E-state index in [1.165, 1.54) is 0 Å². The second-order valence-electron chi connectivity index (χ2n) is 8.06. The van der Waals surface area contributed by atoms with Gasteiger partial charge in [0.1, 0.15) is 11.9 Å². The molecule has 2 atom stereocenters. The predicted molar refractivity (Wildman–Crippen MR) is 123 cm³/mol. The first kappa shape index (κ1) is 23.5. The summed E-state index contributed by atoms with van der Waals surface area (Å²) in [4.78, 5) is 7.89. The van der Waals surface area contributed by atoms with Crippen molar-refractivity contribution in [3.8, 4) is 5.75 Å². The number of methoxy groups -OCH3 is 1. The number of hydrogen-bond acceptors (Lipinski definition) is 6. The van der Waals surface area contributed by atoms with Crippen molar-refractivity contribution in [3.63, 3.8) is 0 Å². The number of oxime groups is 1. The number of rotatable bonds is 11. The molecular weight excluding hydrogens is 416 g/mol. The van der Waals surface area contributed by atoms with Crippen molar-refractivity contribution in [1.82, 2.24) is 4.90 Å². The van der Waals surface area contributed by atoms with Gasteiger partial charge in [0, 0.05) is 31.1 Å². The number of benzene rings is 2. The molecule has 2 aromatic carbocycles. The Hall–Kier alpha value is -2.12. The number of halogens is 1. The Morgan fingerprint density at radius 2 is 2.00 bits per heavy atom. The first-order valence-corrected chi connectivity index (χ1v) is 10.9. The van der Waals surface area contributed by atoms with Crippen LogP contribution in [0.25, 0.3) is 0 Å². The number of hydrogen-bond donors (Lipinski definition) is 1. The normalized spacial score (nSPS) is 17.0. The molecule has 3 rings (SSSR count). The lowest BCUT2D eigenvalue weighted by Gasteiger charge is -2.27. The second-order valence-corrected chi connectivity index (χ2v) is 8.49. The monoisotopic (exact) mass is 446 g/mol. The summed E-state index contributed by atoms with van der Waals surface area (Å²) < 4.78 is 10.9. The fourth-order valence-electron chi connectivity index (χ4n) is 3.51. The SMILES string of the molecule is COc1cccc(CN(C[C@H](O)COC(C)C)C[C@@H]2CC(c3ccc(Cl)cc3)=NO2)c1. The Kier molecular flexibility index (Phi) is 8.72. The van der Waals surface area contributed by atoms with Gasteiger partial charge in [-0.05, 0) is 49.2 Å². The number of ether oxygens (including phenoxy) is 2. The zero-order valence-corrected chi connectivity index (χ0v) is 19.1. The molecule has 7 heteroatoms. The van der Waals surface area contributed by atoms with Crippen molar-refractivity contribution in [3.05, 3.63) is 64.7 Å². The molecule has 1 N–H and O–H groups in total. The van der Waals surface area contributed by atoms with E-state index in [1.807, 2.05) is 56.3 Å². The van der Waals surface area contributed by atoms with Crippen molar-refractivity contribution in [2.45, 2.75) is 45.1 Å². The van der Waals surface area contributed by atoms with Crippen molar-refractivity contribution < 1.29 is 19.4 Å². The van der Waals surface area contributed by atoms with E-state index in [2.05, 4.69) is 16.1 Å². The largest absolute Gasteiger partial charge is 0.497 e. The Labute approximate surface area is 189 Å². The van der Waals surface area contributed by atoms with Gasteiger partial charge in [-0.15, -0.1) is 0 Å². The Morgan fingerprint density at radius 1 is 1.23 bits per heavy atom. The van der Waals surface area contributed by atoms with E-state index in [0.29, 0.717) is 37.7 Å². The van der Waals surface area contributed by atoms with Crippen molar-refractivity contribution in [2.24, 2.45) is 5.16 Å². The molecule has 2 aromatic rings. The third kappa shape index (κ3) is 7.51. The molecule has 0 aliphatic carbocycles. The molecule has 1 heterocycles. The van der Waals surface area contributed by atoms with Crippen LogP contribution in [-0.2, 0) is 16.1 Å². The maximum absolute atomic E-state index is 10.5. The molecule has 1 aliphatic heterocycles. The molecule has 0 saturated carbocycles. The van der Waals surface area contributed by atoms with Crippen LogP contribution < -0.4 is 4.74 Å². The highest BCUT2D eigenvalue weighted by Gasteiger charge is 2.26. The fourth-order valence-corrected chi connectivity index (χ4v) is 3.64. The Morgan fingerprint density at radius 3 is 2.71 bits per heavy atom. The summed E-state index contributed by atoms with van der Waals surface area (Å²) in [5, 5.41) is 15.5. The highest BCUT2D eigenvalue weighted by atomic mass is 35.5. The fraction of sp³-hybridized carbons (Fsp3) is 0.458. The second kappa shape index (κ2) is 11.5. The van der Waals surface area contributed by atoms with Crippen LogP contribution in [0.15, 0.2) is 53.7 Å². The summed E-state index contributed by atoms with van der Waals surface area (Å²) in [5.74, 6) is 0.812. The van der Waals surface area contributed by atoms with Crippen LogP contribution in [-0.4, -0.2) is 60.8 Å². The van der Waals surface area contributed by atoms with Crippen LogP contribution in [0.1, 0.15) is 31.4 Å². The summed E-state index contributed by atoms with van der Waals surface area (Å²) in [6, 6.07) is 15.6. The smallest absolute Gasteiger partial charge is 0.145 e. The van der Waals surface area contributed by atoms with E-state index in [1.54, 1.807) is 7.11 Å². The zero-order chi connectivity index (χ0) is 22.2. The molecule has 31 heavy (non-hydrogen) atoms. The van der Waals surface area contributed by atoms with Crippen LogP contribution in [0, 0.1) is 0 Å². The highest BCUT2D eigenvalue weighted by Crippen LogP contribution is 2.21. The third-order valence-corrected chi connectivity index (χ3v) is 5.26. The summed E-state index contributed by atoms with van der Waals surface area (Å²) in [5.41, 5.74) is 3.02. The van der Waals surface area contributed by atoms with E-state index in [9.17, 15) is 5.11 Å². The van der Waals surface area contributed by atoms with Crippen molar-refractivity contribution >= 4 is 17.3 Å². The maximum atomic E-state index is 10.5. The van der Waals surface area contributed by atoms with E-state index < -0.39 is 6.10 Å². The lowest BCUT2D eigenvalue weighted by molar-refractivity contribution is -0.0194. The van der Waals surface area contributed by atoms with Gasteiger partial charge in [0.15, 0.2) is 0 Å². The minimum atomic E-state index is -0.592. The lowest BCUT2D eigenvalue weighted by atomic mass is 10.0. The van der Waals surface area contributed by atoms with Crippen LogP contribution in [0.3, 0.4) is 0 Å². The van der Waals surface area contributed by atoms with Gasteiger partial charge in [-0.25, -0.2) is 0 Å². The lowest BCUT2D eigenvalue weighted by Crippen LogP contribution is -2.39. The first-order valence-electron chi connectivity index (χ1n) is 10.6. The number of aliphatic hydroxyl groups is 1. The van der Waals surface area contributed by atoms with Crippen molar-refractivity contribution in [2.75, 3.05) is 26.8 Å². The molecule has 0 aromatic heterocycles. The molecular formula is C24H31ClN2O4. The van der Waals surface area contributed by atoms with Gasteiger partial charge >= 0.3 is 0 Å². The molecule has 0 spiro atoms. The quantitative estimate of drug-likeness (QED) is 0.562. The number of aliphatic hydroxyl groups excluding tert-OH is 1. The van der Waals surface area contributed by atoms with Crippen LogP contribution in [0.5, 0.6) is 5.75 Å². The summed E-state index contributed by atoms with van der Waals surface area (Å²) in [6.45, 7) is 5.98. The molecule has 1 aliphatic rings. The van der Waals surface area contributed by atoms with E-state index in [-0.39, 0.29) is 12.2 Å². The van der Waals surface area contributed by atoms with Gasteiger partial charge in [-0.3, -0.25) is 4.90 Å². The first-order chi connectivity index (χ1) is 14.9. The van der Waals surface area contributed by atoms with E-state index >= 15 is 0 Å². The number of nitrogens with zero attached hydrogens (tertiary/aromatic N) is 2. The third-order valence-electron chi connectivity index (χ3n) is 5.00. The predicted octanol–water partition coefficient (Wildman–Crippen LogP) is 4.13. The molecule has 0 unspecified atom stereocenters. The van der Waals surface area contributed by atoms with Gasteiger partial charge in [0.2, 0.25) is 0 Å². The molecule has 0 fully saturated rings. The minimum absolute atomic E-state index is 0.0787. The Bertz CT molecular complexity index is 857. The molecule has 0 bridgehead atoms. The average Bonchev–Trinajstić information content (AvgIpc) is 3.21. The summed E-state index contributed by atoms with van der Waals surface area (Å²) in [7, 11) is 1.66.